The fraction of sp³-hybridized carbons (Fsp3) is 0.462. The molecule has 3 heteroatoms. The van der Waals surface area contributed by atoms with Crippen LogP contribution in [0.1, 0.15) is 31.4 Å². The number of hydrogen-bond donors (Lipinski definition) is 2. The van der Waals surface area contributed by atoms with Crippen molar-refractivity contribution in [1.82, 2.24) is 5.32 Å². The van der Waals surface area contributed by atoms with E-state index in [1.54, 1.807) is 0 Å². The van der Waals surface area contributed by atoms with E-state index in [4.69, 9.17) is 0 Å². The fourth-order valence-corrected chi connectivity index (χ4v) is 1.84. The number of aliphatic hydroxyl groups is 1. The van der Waals surface area contributed by atoms with Crippen molar-refractivity contribution in [2.24, 2.45) is 5.92 Å². The maximum absolute atomic E-state index is 11.5. The molecule has 0 radical (unpaired) electrons. The van der Waals surface area contributed by atoms with Gasteiger partial charge in [0.25, 0.3) is 0 Å². The monoisotopic (exact) mass is 219 g/mol. The van der Waals surface area contributed by atoms with E-state index in [9.17, 15) is 9.90 Å². The number of rotatable bonds is 4. The van der Waals surface area contributed by atoms with Crippen molar-refractivity contribution in [2.45, 2.75) is 31.9 Å². The lowest BCUT2D eigenvalue weighted by Crippen LogP contribution is -2.36. The summed E-state index contributed by atoms with van der Waals surface area (Å²) >= 11 is 0. The molecule has 1 aliphatic carbocycles. The third-order valence-corrected chi connectivity index (χ3v) is 2.93. The van der Waals surface area contributed by atoms with Crippen molar-refractivity contribution in [3.8, 4) is 0 Å². The quantitative estimate of drug-likeness (QED) is 0.808. The molecule has 1 aliphatic rings. The zero-order valence-corrected chi connectivity index (χ0v) is 9.39. The molecule has 0 saturated heterocycles. The van der Waals surface area contributed by atoms with Gasteiger partial charge in [0.2, 0.25) is 5.91 Å². The number of carbonyl (C=O) groups excluding carboxylic acids is 1. The van der Waals surface area contributed by atoms with Gasteiger partial charge in [-0.2, -0.15) is 0 Å². The highest BCUT2D eigenvalue weighted by Crippen LogP contribution is 2.40. The van der Waals surface area contributed by atoms with Gasteiger partial charge in [0.15, 0.2) is 0 Å². The van der Waals surface area contributed by atoms with Crippen molar-refractivity contribution < 1.29 is 9.90 Å². The van der Waals surface area contributed by atoms with Gasteiger partial charge < -0.3 is 10.4 Å². The van der Waals surface area contributed by atoms with Gasteiger partial charge in [0, 0.05) is 0 Å². The molecule has 1 aromatic carbocycles. The van der Waals surface area contributed by atoms with E-state index in [0.717, 1.165) is 18.4 Å². The van der Waals surface area contributed by atoms with E-state index >= 15 is 0 Å². The van der Waals surface area contributed by atoms with Crippen LogP contribution < -0.4 is 5.32 Å². The summed E-state index contributed by atoms with van der Waals surface area (Å²) < 4.78 is 0. The second kappa shape index (κ2) is 4.66. The minimum atomic E-state index is -0.940. The molecule has 2 rings (SSSR count). The van der Waals surface area contributed by atoms with Crippen LogP contribution in [0, 0.1) is 5.92 Å². The number of hydrogen-bond acceptors (Lipinski definition) is 2. The number of carbonyl (C=O) groups is 1. The first kappa shape index (κ1) is 11.1. The first-order valence-corrected chi connectivity index (χ1v) is 5.72. The van der Waals surface area contributed by atoms with E-state index in [1.165, 1.54) is 6.92 Å². The van der Waals surface area contributed by atoms with Crippen LogP contribution >= 0.6 is 0 Å². The molecule has 2 atom stereocenters. The van der Waals surface area contributed by atoms with E-state index in [-0.39, 0.29) is 11.9 Å². The number of amides is 1. The van der Waals surface area contributed by atoms with Gasteiger partial charge in [-0.05, 0) is 31.2 Å². The summed E-state index contributed by atoms with van der Waals surface area (Å²) in [5.41, 5.74) is 1.12. The van der Waals surface area contributed by atoms with Gasteiger partial charge in [-0.1, -0.05) is 30.3 Å². The summed E-state index contributed by atoms with van der Waals surface area (Å²) in [4.78, 5) is 11.5. The third-order valence-electron chi connectivity index (χ3n) is 2.93. The Morgan fingerprint density at radius 2 is 2.00 bits per heavy atom. The lowest BCUT2D eigenvalue weighted by Gasteiger charge is -2.19. The van der Waals surface area contributed by atoms with E-state index in [1.807, 2.05) is 30.3 Å². The highest BCUT2D eigenvalue weighted by molar-refractivity contribution is 5.80. The van der Waals surface area contributed by atoms with Crippen LogP contribution in [0.15, 0.2) is 30.3 Å². The molecule has 1 fully saturated rings. The smallest absolute Gasteiger partial charge is 0.249 e. The average Bonchev–Trinajstić information content (AvgIpc) is 3.10. The summed E-state index contributed by atoms with van der Waals surface area (Å²) in [6.07, 6.45) is 1.37. The highest BCUT2D eigenvalue weighted by atomic mass is 16.3. The summed E-state index contributed by atoms with van der Waals surface area (Å²) in [6, 6.07) is 10.0. The second-order valence-electron chi connectivity index (χ2n) is 4.41. The van der Waals surface area contributed by atoms with Gasteiger partial charge in [-0.3, -0.25) is 4.79 Å². The molecule has 2 unspecified atom stereocenters. The molecular formula is C13H17NO2. The minimum absolute atomic E-state index is 0.0586. The Morgan fingerprint density at radius 3 is 2.50 bits per heavy atom. The van der Waals surface area contributed by atoms with Gasteiger partial charge in [0.1, 0.15) is 6.10 Å². The average molecular weight is 219 g/mol. The Labute approximate surface area is 95.5 Å². The first-order chi connectivity index (χ1) is 7.68. The van der Waals surface area contributed by atoms with E-state index < -0.39 is 6.10 Å². The van der Waals surface area contributed by atoms with E-state index in [0.29, 0.717) is 5.92 Å². The maximum Gasteiger partial charge on any atom is 0.249 e. The molecular weight excluding hydrogens is 202 g/mol. The zero-order valence-electron chi connectivity index (χ0n) is 9.39. The lowest BCUT2D eigenvalue weighted by atomic mass is 10.0. The second-order valence-corrected chi connectivity index (χ2v) is 4.41. The molecule has 0 spiro atoms. The van der Waals surface area contributed by atoms with Crippen molar-refractivity contribution in [1.29, 1.82) is 0 Å². The van der Waals surface area contributed by atoms with Crippen LogP contribution in [0.25, 0.3) is 0 Å². The summed E-state index contributed by atoms with van der Waals surface area (Å²) in [6.45, 7) is 1.49. The van der Waals surface area contributed by atoms with Crippen LogP contribution in [0.5, 0.6) is 0 Å². The molecule has 1 saturated carbocycles. The lowest BCUT2D eigenvalue weighted by molar-refractivity contribution is -0.129. The van der Waals surface area contributed by atoms with Gasteiger partial charge in [-0.15, -0.1) is 0 Å². The molecule has 1 aromatic rings. The van der Waals surface area contributed by atoms with Crippen molar-refractivity contribution in [2.75, 3.05) is 0 Å². The molecule has 16 heavy (non-hydrogen) atoms. The largest absolute Gasteiger partial charge is 0.384 e. The van der Waals surface area contributed by atoms with Crippen molar-refractivity contribution >= 4 is 5.91 Å². The molecule has 3 nitrogen and oxygen atoms in total. The van der Waals surface area contributed by atoms with Gasteiger partial charge in [-0.25, -0.2) is 0 Å². The zero-order chi connectivity index (χ0) is 11.5. The number of nitrogens with one attached hydrogen (secondary N) is 1. The summed E-state index contributed by atoms with van der Waals surface area (Å²) in [5.74, 6) is 0.242. The molecule has 2 N–H and O–H groups in total. The molecule has 86 valence electrons. The predicted octanol–water partition coefficient (Wildman–Crippen LogP) is 1.63. The van der Waals surface area contributed by atoms with Gasteiger partial charge >= 0.3 is 0 Å². The van der Waals surface area contributed by atoms with Crippen LogP contribution in [0.4, 0.5) is 0 Å². The minimum Gasteiger partial charge on any atom is -0.384 e. The van der Waals surface area contributed by atoms with Crippen LogP contribution in [-0.2, 0) is 4.79 Å². The molecule has 0 aliphatic heterocycles. The molecule has 1 amide bonds. The summed E-state index contributed by atoms with van der Waals surface area (Å²) in [7, 11) is 0. The van der Waals surface area contributed by atoms with Crippen LogP contribution in [0.3, 0.4) is 0 Å². The standard InChI is InChI=1S/C13H17NO2/c1-9(15)13(16)14-12(11-7-8-11)10-5-3-2-4-6-10/h2-6,9,11-12,15H,7-8H2,1H3,(H,14,16). The molecule has 0 bridgehead atoms. The van der Waals surface area contributed by atoms with Crippen molar-refractivity contribution in [3.05, 3.63) is 35.9 Å². The number of benzene rings is 1. The Balaban J connectivity index is 2.09. The number of aliphatic hydroxyl groups excluding tert-OH is 1. The Morgan fingerprint density at radius 1 is 1.38 bits per heavy atom. The maximum atomic E-state index is 11.5. The van der Waals surface area contributed by atoms with Crippen LogP contribution in [-0.4, -0.2) is 17.1 Å². The Hall–Kier alpha value is -1.35. The van der Waals surface area contributed by atoms with Crippen LogP contribution in [0.2, 0.25) is 0 Å². The Kier molecular flexibility index (Phi) is 3.25. The molecule has 0 aromatic heterocycles. The SMILES string of the molecule is CC(O)C(=O)NC(c1ccccc1)C1CC1. The molecule has 0 heterocycles. The normalized spacial score (nSPS) is 18.9. The highest BCUT2D eigenvalue weighted by Gasteiger charge is 2.33. The Bertz CT molecular complexity index is 357. The van der Waals surface area contributed by atoms with Crippen molar-refractivity contribution in [3.63, 3.8) is 0 Å². The topological polar surface area (TPSA) is 49.3 Å². The van der Waals surface area contributed by atoms with E-state index in [2.05, 4.69) is 5.32 Å². The van der Waals surface area contributed by atoms with Gasteiger partial charge in [0.05, 0.1) is 6.04 Å². The first-order valence-electron chi connectivity index (χ1n) is 5.72. The fourth-order valence-electron chi connectivity index (χ4n) is 1.84. The predicted molar refractivity (Wildman–Crippen MR) is 61.7 cm³/mol. The summed E-state index contributed by atoms with van der Waals surface area (Å²) in [5, 5.41) is 12.1. The third kappa shape index (κ3) is 2.61.